The Kier molecular flexibility index (Phi) is 9.10. The molecule has 3 nitrogen and oxygen atoms in total. The molecule has 4 aromatic carbocycles. The molecule has 38 heavy (non-hydrogen) atoms. The van der Waals surface area contributed by atoms with Gasteiger partial charge in [0.2, 0.25) is 0 Å². The van der Waals surface area contributed by atoms with E-state index in [9.17, 15) is 0 Å². The van der Waals surface area contributed by atoms with E-state index in [0.29, 0.717) is 10.0 Å². The van der Waals surface area contributed by atoms with Crippen molar-refractivity contribution in [2.75, 3.05) is 51.6 Å². The molecule has 1 heterocycles. The Bertz CT molecular complexity index is 1400. The lowest BCUT2D eigenvalue weighted by molar-refractivity contribution is -0.926. The van der Waals surface area contributed by atoms with Crippen molar-refractivity contribution in [1.29, 1.82) is 0 Å². The average molecular weight is 586 g/mol. The highest BCUT2D eigenvalue weighted by atomic mass is 35.5. The number of fused-ring (bicyclic) bond motifs is 1. The molecular weight excluding hydrogens is 553 g/mol. The molecule has 1 saturated heterocycles. The zero-order chi connectivity index (χ0) is 26.5. The number of hydrogen-bond acceptors (Lipinski definition) is 3. The molecule has 1 fully saturated rings. The molecule has 7 heteroatoms. The molecule has 1 N–H and O–H groups in total. The molecule has 0 aromatic heterocycles. The van der Waals surface area contributed by atoms with Crippen molar-refractivity contribution < 1.29 is 4.48 Å². The highest BCUT2D eigenvalue weighted by Crippen LogP contribution is 2.36. The minimum Gasteiger partial charge on any atom is -0.384 e. The van der Waals surface area contributed by atoms with Gasteiger partial charge in [-0.25, -0.2) is 0 Å². The SMILES string of the molecule is C[N+]1(Cc2ccc(Cl)c(Cl)c2)CCN(CCCNc2cc(Cl)ccc2Sc2ccc3ccccc3c2)CC1. The topological polar surface area (TPSA) is 15.3 Å². The first-order valence-corrected chi connectivity index (χ1v) is 15.0. The maximum atomic E-state index is 6.36. The van der Waals surface area contributed by atoms with E-state index in [1.165, 1.54) is 26.1 Å². The summed E-state index contributed by atoms with van der Waals surface area (Å²) in [5, 5.41) is 8.18. The summed E-state index contributed by atoms with van der Waals surface area (Å²) in [5.74, 6) is 0. The molecule has 0 amide bonds. The molecule has 0 radical (unpaired) electrons. The van der Waals surface area contributed by atoms with Gasteiger partial charge in [0.05, 0.1) is 30.2 Å². The van der Waals surface area contributed by atoms with Gasteiger partial charge in [0.15, 0.2) is 0 Å². The van der Waals surface area contributed by atoms with Crippen LogP contribution in [0.15, 0.2) is 88.7 Å². The molecule has 0 saturated carbocycles. The molecule has 0 unspecified atom stereocenters. The van der Waals surface area contributed by atoms with Gasteiger partial charge in [0.1, 0.15) is 6.54 Å². The van der Waals surface area contributed by atoms with Crippen molar-refractivity contribution in [2.24, 2.45) is 0 Å². The van der Waals surface area contributed by atoms with Crippen molar-refractivity contribution in [3.8, 4) is 0 Å². The summed E-state index contributed by atoms with van der Waals surface area (Å²) >= 11 is 20.5. The van der Waals surface area contributed by atoms with Gasteiger partial charge in [0, 0.05) is 52.2 Å². The summed E-state index contributed by atoms with van der Waals surface area (Å²) in [6, 6.07) is 27.2. The second kappa shape index (κ2) is 12.5. The third kappa shape index (κ3) is 7.18. The lowest BCUT2D eigenvalue weighted by atomic mass is 10.1. The van der Waals surface area contributed by atoms with Crippen molar-refractivity contribution in [3.05, 3.63) is 99.5 Å². The van der Waals surface area contributed by atoms with Crippen LogP contribution in [0.3, 0.4) is 0 Å². The number of anilines is 1. The van der Waals surface area contributed by atoms with Crippen LogP contribution in [0.4, 0.5) is 5.69 Å². The van der Waals surface area contributed by atoms with Crippen LogP contribution in [-0.2, 0) is 6.54 Å². The normalized spacial score (nSPS) is 15.6. The molecule has 4 aromatic rings. The van der Waals surface area contributed by atoms with Gasteiger partial charge in [-0.1, -0.05) is 83.0 Å². The minimum atomic E-state index is 0.619. The zero-order valence-corrected chi connectivity index (χ0v) is 24.7. The van der Waals surface area contributed by atoms with E-state index in [-0.39, 0.29) is 0 Å². The van der Waals surface area contributed by atoms with Crippen molar-refractivity contribution in [2.45, 2.75) is 22.8 Å². The number of rotatable bonds is 9. The Labute approximate surface area is 245 Å². The molecule has 0 spiro atoms. The fourth-order valence-corrected chi connectivity index (χ4v) is 6.51. The smallest absolute Gasteiger partial charge is 0.104 e. The number of benzene rings is 4. The maximum Gasteiger partial charge on any atom is 0.104 e. The molecular formula is C31H33Cl3N3S+. The van der Waals surface area contributed by atoms with Gasteiger partial charge in [-0.3, -0.25) is 4.90 Å². The summed E-state index contributed by atoms with van der Waals surface area (Å²) in [6.45, 7) is 7.48. The van der Waals surface area contributed by atoms with Crippen LogP contribution in [0.1, 0.15) is 12.0 Å². The fourth-order valence-electron chi connectivity index (χ4n) is 5.06. The van der Waals surface area contributed by atoms with Crippen LogP contribution in [0.5, 0.6) is 0 Å². The Morgan fingerprint density at radius 3 is 2.42 bits per heavy atom. The zero-order valence-electron chi connectivity index (χ0n) is 21.6. The number of quaternary nitrogens is 1. The van der Waals surface area contributed by atoms with E-state index < -0.39 is 0 Å². The van der Waals surface area contributed by atoms with Crippen LogP contribution in [0, 0.1) is 0 Å². The maximum absolute atomic E-state index is 6.36. The molecule has 0 aliphatic carbocycles. The average Bonchev–Trinajstić information content (AvgIpc) is 2.91. The molecule has 0 bridgehead atoms. The quantitative estimate of drug-likeness (QED) is 0.156. The van der Waals surface area contributed by atoms with Crippen LogP contribution in [0.2, 0.25) is 15.1 Å². The first-order chi connectivity index (χ1) is 18.4. The van der Waals surface area contributed by atoms with E-state index in [4.69, 9.17) is 34.8 Å². The van der Waals surface area contributed by atoms with Crippen LogP contribution in [0.25, 0.3) is 10.8 Å². The van der Waals surface area contributed by atoms with Gasteiger partial charge >= 0.3 is 0 Å². The highest BCUT2D eigenvalue weighted by molar-refractivity contribution is 7.99. The Morgan fingerprint density at radius 2 is 1.63 bits per heavy atom. The number of nitrogens with one attached hydrogen (secondary N) is 1. The third-order valence-electron chi connectivity index (χ3n) is 7.32. The minimum absolute atomic E-state index is 0.619. The van der Waals surface area contributed by atoms with Gasteiger partial charge in [-0.2, -0.15) is 0 Å². The Balaban J connectivity index is 1.11. The lowest BCUT2D eigenvalue weighted by Crippen LogP contribution is -2.56. The van der Waals surface area contributed by atoms with Gasteiger partial charge in [0.25, 0.3) is 0 Å². The Morgan fingerprint density at radius 1 is 0.842 bits per heavy atom. The summed E-state index contributed by atoms with van der Waals surface area (Å²) in [5.41, 5.74) is 2.35. The van der Waals surface area contributed by atoms with Crippen molar-refractivity contribution >= 4 is 63.0 Å². The van der Waals surface area contributed by atoms with Gasteiger partial charge in [-0.15, -0.1) is 0 Å². The number of hydrogen-bond donors (Lipinski definition) is 1. The molecule has 0 atom stereocenters. The van der Waals surface area contributed by atoms with Crippen LogP contribution in [-0.4, -0.2) is 55.7 Å². The van der Waals surface area contributed by atoms with Crippen molar-refractivity contribution in [1.82, 2.24) is 4.90 Å². The number of halogens is 3. The van der Waals surface area contributed by atoms with Crippen LogP contribution >= 0.6 is 46.6 Å². The summed E-state index contributed by atoms with van der Waals surface area (Å²) < 4.78 is 1.03. The number of nitrogens with zero attached hydrogens (tertiary/aromatic N) is 2. The van der Waals surface area contributed by atoms with E-state index in [1.54, 1.807) is 11.8 Å². The number of piperazine rings is 1. The standard InChI is InChI=1S/C31H33Cl3N3S/c1-37(22-23-7-11-28(33)29(34)19-23)17-15-36(16-18-37)14-4-13-35-30-21-26(32)9-12-31(30)38-27-10-8-24-5-2-3-6-25(24)20-27/h2-3,5-12,19-21,35H,4,13-18,22H2,1H3/q+1. The third-order valence-corrected chi connectivity index (χ3v) is 9.36. The first-order valence-electron chi connectivity index (χ1n) is 13.1. The molecule has 198 valence electrons. The van der Waals surface area contributed by atoms with E-state index in [0.717, 1.165) is 67.4 Å². The monoisotopic (exact) mass is 584 g/mol. The largest absolute Gasteiger partial charge is 0.384 e. The van der Waals surface area contributed by atoms with Crippen molar-refractivity contribution in [3.63, 3.8) is 0 Å². The second-order valence-corrected chi connectivity index (χ2v) is 12.7. The summed E-state index contributed by atoms with van der Waals surface area (Å²) in [7, 11) is 2.34. The molecule has 1 aliphatic rings. The summed E-state index contributed by atoms with van der Waals surface area (Å²) in [6.07, 6.45) is 1.09. The van der Waals surface area contributed by atoms with Crippen LogP contribution < -0.4 is 5.32 Å². The van der Waals surface area contributed by atoms with E-state index >= 15 is 0 Å². The highest BCUT2D eigenvalue weighted by Gasteiger charge is 2.28. The van der Waals surface area contributed by atoms with E-state index in [1.807, 2.05) is 24.3 Å². The first kappa shape index (κ1) is 27.6. The lowest BCUT2D eigenvalue weighted by Gasteiger charge is -2.42. The van der Waals surface area contributed by atoms with E-state index in [2.05, 4.69) is 71.9 Å². The molecule has 1 aliphatic heterocycles. The second-order valence-electron chi connectivity index (χ2n) is 10.3. The fraction of sp³-hybridized carbons (Fsp3) is 0.290. The number of likely N-dealkylation sites (N-methyl/N-ethyl adjacent to an activating group) is 1. The Hall–Kier alpha value is -1.92. The molecule has 5 rings (SSSR count). The van der Waals surface area contributed by atoms with Gasteiger partial charge < -0.3 is 9.80 Å². The summed E-state index contributed by atoms with van der Waals surface area (Å²) in [4.78, 5) is 5.00. The van der Waals surface area contributed by atoms with Gasteiger partial charge in [-0.05, 0) is 59.7 Å². The predicted octanol–water partition coefficient (Wildman–Crippen LogP) is 8.72. The predicted molar refractivity (Wildman–Crippen MR) is 165 cm³/mol.